The third-order valence-electron chi connectivity index (χ3n) is 4.27. The van der Waals surface area contributed by atoms with Gasteiger partial charge in [-0.05, 0) is 25.5 Å². The number of benzene rings is 1. The summed E-state index contributed by atoms with van der Waals surface area (Å²) in [6.45, 7) is 5.50. The molecule has 0 bridgehead atoms. The lowest BCUT2D eigenvalue weighted by Gasteiger charge is -2.31. The summed E-state index contributed by atoms with van der Waals surface area (Å²) in [4.78, 5) is 34.5. The highest BCUT2D eigenvalue weighted by Gasteiger charge is 2.39. The van der Waals surface area contributed by atoms with Crippen LogP contribution in [0.2, 0.25) is 5.02 Å². The highest BCUT2D eigenvalue weighted by Crippen LogP contribution is 2.41. The van der Waals surface area contributed by atoms with Crippen LogP contribution in [0.4, 0.5) is 0 Å². The Kier molecular flexibility index (Phi) is 11.5. The van der Waals surface area contributed by atoms with Crippen molar-refractivity contribution in [1.29, 1.82) is 0 Å². The van der Waals surface area contributed by atoms with Gasteiger partial charge in [-0.2, -0.15) is 0 Å². The molecule has 2 rings (SSSR count). The third kappa shape index (κ3) is 7.37. The van der Waals surface area contributed by atoms with Crippen LogP contribution in [0.15, 0.2) is 46.8 Å². The summed E-state index contributed by atoms with van der Waals surface area (Å²) in [5.74, 6) is -2.70. The summed E-state index contributed by atoms with van der Waals surface area (Å²) < 4.78 is 15.8. The predicted octanol–water partition coefficient (Wildman–Crippen LogP) is 2.36. The zero-order valence-electron chi connectivity index (χ0n) is 18.6. The van der Waals surface area contributed by atoms with Gasteiger partial charge in [0.15, 0.2) is 0 Å². The maximum absolute atomic E-state index is 12.9. The lowest BCUT2D eigenvalue weighted by atomic mass is 9.80. The molecular weight excluding hydrogens is 440 g/mol. The van der Waals surface area contributed by atoms with Crippen molar-refractivity contribution in [3.63, 3.8) is 0 Å². The number of aliphatic carboxylic acids is 1. The molecule has 0 fully saturated rings. The minimum absolute atomic E-state index is 0.109. The number of carbonyl (C=O) groups is 3. The molecule has 1 heterocycles. The molecule has 0 aliphatic carbocycles. The van der Waals surface area contributed by atoms with E-state index in [1.54, 1.807) is 38.1 Å². The number of carboxylic acid groups (broad SMARTS) is 1. The van der Waals surface area contributed by atoms with Gasteiger partial charge < -0.3 is 30.4 Å². The van der Waals surface area contributed by atoms with Gasteiger partial charge in [0, 0.05) is 24.2 Å². The predicted molar refractivity (Wildman–Crippen MR) is 119 cm³/mol. The summed E-state index contributed by atoms with van der Waals surface area (Å²) in [7, 11) is 1.29. The molecule has 1 unspecified atom stereocenters. The molecule has 0 amide bonds. The van der Waals surface area contributed by atoms with Gasteiger partial charge in [-0.1, -0.05) is 29.8 Å². The molecule has 1 aromatic rings. The van der Waals surface area contributed by atoms with E-state index < -0.39 is 23.8 Å². The van der Waals surface area contributed by atoms with Gasteiger partial charge in [-0.3, -0.25) is 4.79 Å². The zero-order valence-corrected chi connectivity index (χ0v) is 19.3. The van der Waals surface area contributed by atoms with E-state index in [0.717, 1.165) is 6.92 Å². The number of hydrogen-bond donors (Lipinski definition) is 3. The number of rotatable bonds is 8. The van der Waals surface area contributed by atoms with Crippen LogP contribution in [-0.4, -0.2) is 56.5 Å². The molecule has 4 N–H and O–H groups in total. The van der Waals surface area contributed by atoms with Gasteiger partial charge in [0.05, 0.1) is 49.7 Å². The van der Waals surface area contributed by atoms with Crippen LogP contribution in [0.1, 0.15) is 32.3 Å². The zero-order chi connectivity index (χ0) is 24.3. The number of carbonyl (C=O) groups excluding carboxylic acids is 2. The molecule has 32 heavy (non-hydrogen) atoms. The Bertz CT molecular complexity index is 892. The standard InChI is InChI=1S/C20H25ClN2O5.C2H4O2/c1-4-28-20(25)18-15(11-27-10-9-22)23-12(2)16(19(24)26-3)17(18)13-7-5-6-8-14(13)21;1-2(3)4/h5-8,17,23H,4,9-11,22H2,1-3H3;1H3,(H,3,4). The van der Waals surface area contributed by atoms with Crippen LogP contribution < -0.4 is 11.1 Å². The van der Waals surface area contributed by atoms with Crippen molar-refractivity contribution in [3.05, 3.63) is 57.4 Å². The van der Waals surface area contributed by atoms with Crippen LogP contribution in [0.5, 0.6) is 0 Å². The van der Waals surface area contributed by atoms with E-state index in [1.165, 1.54) is 7.11 Å². The first kappa shape index (κ1) is 27.2. The molecule has 10 heteroatoms. The number of halogens is 1. The van der Waals surface area contributed by atoms with Gasteiger partial charge in [0.2, 0.25) is 0 Å². The number of methoxy groups -OCH3 is 1. The van der Waals surface area contributed by atoms with Crippen molar-refractivity contribution < 1.29 is 33.7 Å². The smallest absolute Gasteiger partial charge is 0.336 e. The first-order valence-electron chi connectivity index (χ1n) is 9.87. The van der Waals surface area contributed by atoms with E-state index >= 15 is 0 Å². The largest absolute Gasteiger partial charge is 0.481 e. The highest BCUT2D eigenvalue weighted by molar-refractivity contribution is 6.31. The molecule has 0 saturated heterocycles. The van der Waals surface area contributed by atoms with Crippen molar-refractivity contribution in [2.45, 2.75) is 26.7 Å². The van der Waals surface area contributed by atoms with Crippen molar-refractivity contribution in [3.8, 4) is 0 Å². The summed E-state index contributed by atoms with van der Waals surface area (Å²) in [6.07, 6.45) is 0. The topological polar surface area (TPSA) is 137 Å². The number of ether oxygens (including phenoxy) is 3. The fourth-order valence-electron chi connectivity index (χ4n) is 3.12. The molecule has 0 spiro atoms. The normalized spacial score (nSPS) is 15.4. The molecule has 1 aliphatic rings. The minimum Gasteiger partial charge on any atom is -0.481 e. The average molecular weight is 469 g/mol. The average Bonchev–Trinajstić information content (AvgIpc) is 2.73. The number of allylic oxidation sites excluding steroid dienone is 1. The van der Waals surface area contributed by atoms with Crippen molar-refractivity contribution in [2.24, 2.45) is 5.73 Å². The molecule has 0 radical (unpaired) electrons. The van der Waals surface area contributed by atoms with Crippen molar-refractivity contribution >= 4 is 29.5 Å². The molecule has 0 saturated carbocycles. The Morgan fingerprint density at radius 2 is 1.81 bits per heavy atom. The molecule has 0 aromatic heterocycles. The van der Waals surface area contributed by atoms with E-state index in [0.29, 0.717) is 40.7 Å². The van der Waals surface area contributed by atoms with Gasteiger partial charge in [-0.25, -0.2) is 9.59 Å². The van der Waals surface area contributed by atoms with Crippen molar-refractivity contribution in [2.75, 3.05) is 33.5 Å². The van der Waals surface area contributed by atoms with Crippen LogP contribution in [0, 0.1) is 0 Å². The summed E-state index contributed by atoms with van der Waals surface area (Å²) in [5.41, 5.74) is 7.70. The Balaban J connectivity index is 0.00000118. The summed E-state index contributed by atoms with van der Waals surface area (Å²) >= 11 is 6.42. The fourth-order valence-corrected chi connectivity index (χ4v) is 3.36. The number of carboxylic acids is 1. The lowest BCUT2D eigenvalue weighted by molar-refractivity contribution is -0.139. The quantitative estimate of drug-likeness (QED) is 0.387. The first-order chi connectivity index (χ1) is 15.2. The molecule has 9 nitrogen and oxygen atoms in total. The number of dihydropyridines is 1. The molecule has 1 aliphatic heterocycles. The Morgan fingerprint density at radius 3 is 2.34 bits per heavy atom. The molecule has 1 atom stereocenters. The van der Waals surface area contributed by atoms with Crippen molar-refractivity contribution in [1.82, 2.24) is 5.32 Å². The maximum atomic E-state index is 12.9. The Hall–Kier alpha value is -2.88. The van der Waals surface area contributed by atoms with E-state index in [9.17, 15) is 9.59 Å². The monoisotopic (exact) mass is 468 g/mol. The third-order valence-corrected chi connectivity index (χ3v) is 4.61. The van der Waals surface area contributed by atoms with Gasteiger partial charge in [-0.15, -0.1) is 0 Å². The maximum Gasteiger partial charge on any atom is 0.336 e. The van der Waals surface area contributed by atoms with Gasteiger partial charge in [0.25, 0.3) is 5.97 Å². The van der Waals surface area contributed by atoms with E-state index in [2.05, 4.69) is 5.32 Å². The molecular formula is C22H29ClN2O7. The fraction of sp³-hybridized carbons (Fsp3) is 0.409. The van der Waals surface area contributed by atoms with Gasteiger partial charge in [0.1, 0.15) is 0 Å². The second-order valence-corrected chi connectivity index (χ2v) is 6.99. The van der Waals surface area contributed by atoms with Crippen LogP contribution in [0.25, 0.3) is 0 Å². The van der Waals surface area contributed by atoms with Crippen LogP contribution in [-0.2, 0) is 28.6 Å². The number of nitrogens with two attached hydrogens (primary N) is 1. The van der Waals surface area contributed by atoms with E-state index in [4.69, 9.17) is 41.4 Å². The van der Waals surface area contributed by atoms with Gasteiger partial charge >= 0.3 is 11.9 Å². The highest BCUT2D eigenvalue weighted by atomic mass is 35.5. The summed E-state index contributed by atoms with van der Waals surface area (Å²) in [6, 6.07) is 7.05. The second kappa shape index (κ2) is 13.5. The number of hydrogen-bond acceptors (Lipinski definition) is 8. The number of esters is 2. The second-order valence-electron chi connectivity index (χ2n) is 6.58. The molecule has 176 valence electrons. The van der Waals surface area contributed by atoms with Crippen LogP contribution >= 0.6 is 11.6 Å². The lowest BCUT2D eigenvalue weighted by Crippen LogP contribution is -2.35. The van der Waals surface area contributed by atoms with E-state index in [1.807, 2.05) is 0 Å². The summed E-state index contributed by atoms with van der Waals surface area (Å²) in [5, 5.41) is 10.9. The minimum atomic E-state index is -0.833. The van der Waals surface area contributed by atoms with E-state index in [-0.39, 0.29) is 18.8 Å². The SMILES string of the molecule is CC(=O)O.CCOC(=O)C1=C(COCCN)NC(C)=C(C(=O)OC)C1c1ccccc1Cl. The first-order valence-corrected chi connectivity index (χ1v) is 10.2. The van der Waals surface area contributed by atoms with Crippen LogP contribution in [0.3, 0.4) is 0 Å². The Morgan fingerprint density at radius 1 is 1.19 bits per heavy atom. The Labute approximate surface area is 192 Å². The molecule has 1 aromatic carbocycles. The number of nitrogens with one attached hydrogen (secondary N) is 1.